The fourth-order valence-electron chi connectivity index (χ4n) is 6.22. The minimum absolute atomic E-state index is 0.0225. The minimum Gasteiger partial charge on any atom is -0.466 e. The highest BCUT2D eigenvalue weighted by Crippen LogP contribution is 2.59. The maximum absolute atomic E-state index is 14.2. The van der Waals surface area contributed by atoms with Crippen molar-refractivity contribution in [2.45, 2.75) is 90.0 Å². The van der Waals surface area contributed by atoms with Gasteiger partial charge in [-0.2, -0.15) is 0 Å². The number of esters is 1. The summed E-state index contributed by atoms with van der Waals surface area (Å²) in [7, 11) is 0. The molecule has 7 atom stereocenters. The van der Waals surface area contributed by atoms with Crippen LogP contribution in [-0.4, -0.2) is 82.8 Å². The third-order valence-electron chi connectivity index (χ3n) is 8.07. The van der Waals surface area contributed by atoms with Crippen molar-refractivity contribution < 1.29 is 29.0 Å². The maximum Gasteiger partial charge on any atom is 0.312 e. The van der Waals surface area contributed by atoms with E-state index < -0.39 is 41.6 Å². The Balaban J connectivity index is 2.06. The quantitative estimate of drug-likeness (QED) is 0.248. The summed E-state index contributed by atoms with van der Waals surface area (Å²) in [6.45, 7) is 12.6. The van der Waals surface area contributed by atoms with Gasteiger partial charge >= 0.3 is 5.97 Å². The van der Waals surface area contributed by atoms with Gasteiger partial charge in [0.25, 0.3) is 0 Å². The molecule has 0 saturated carbocycles. The van der Waals surface area contributed by atoms with Crippen LogP contribution in [-0.2, 0) is 23.9 Å². The van der Waals surface area contributed by atoms with E-state index in [0.29, 0.717) is 25.9 Å². The molecule has 3 fully saturated rings. The third-order valence-corrected chi connectivity index (χ3v) is 8.07. The van der Waals surface area contributed by atoms with E-state index in [1.807, 2.05) is 13.8 Å². The molecule has 3 saturated heterocycles. The van der Waals surface area contributed by atoms with Crippen molar-refractivity contribution in [3.05, 3.63) is 12.7 Å². The van der Waals surface area contributed by atoms with E-state index in [1.54, 1.807) is 22.8 Å². The number of aliphatic hydroxyl groups excluding tert-OH is 1. The number of rotatable bonds is 13. The van der Waals surface area contributed by atoms with Gasteiger partial charge in [-0.25, -0.2) is 0 Å². The van der Waals surface area contributed by atoms with E-state index in [2.05, 4.69) is 13.5 Å². The summed E-state index contributed by atoms with van der Waals surface area (Å²) in [4.78, 5) is 44.4. The summed E-state index contributed by atoms with van der Waals surface area (Å²) in [5.74, 6) is -2.39. The van der Waals surface area contributed by atoms with Crippen LogP contribution in [0.1, 0.15) is 66.2 Å². The van der Waals surface area contributed by atoms with Gasteiger partial charge < -0.3 is 24.4 Å². The second kappa shape index (κ2) is 11.2. The largest absolute Gasteiger partial charge is 0.466 e. The predicted octanol–water partition coefficient (Wildman–Crippen LogP) is 2.54. The number of hydrogen-bond acceptors (Lipinski definition) is 6. The van der Waals surface area contributed by atoms with E-state index >= 15 is 0 Å². The highest BCUT2D eigenvalue weighted by atomic mass is 16.6. The van der Waals surface area contributed by atoms with Gasteiger partial charge in [-0.1, -0.05) is 46.1 Å². The number of likely N-dealkylation sites (tertiary alicyclic amines) is 1. The molecule has 0 radical (unpaired) electrons. The summed E-state index contributed by atoms with van der Waals surface area (Å²) in [6, 6.07) is -1.40. The Morgan fingerprint density at radius 1 is 1.35 bits per heavy atom. The number of ether oxygens (including phenoxy) is 2. The number of amides is 2. The first kappa shape index (κ1) is 26.7. The molecule has 3 rings (SSSR count). The fourth-order valence-corrected chi connectivity index (χ4v) is 6.22. The lowest BCUT2D eigenvalue weighted by molar-refractivity contribution is -0.157. The number of nitrogens with zero attached hydrogens (tertiary/aromatic N) is 2. The summed E-state index contributed by atoms with van der Waals surface area (Å²) in [5, 5.41) is 10.3. The number of fused-ring (bicyclic) bond motifs is 1. The van der Waals surface area contributed by atoms with Crippen LogP contribution in [0.25, 0.3) is 0 Å². The monoisotopic (exact) mass is 478 g/mol. The molecule has 0 aromatic rings. The molecule has 8 nitrogen and oxygen atoms in total. The molecule has 1 spiro atoms. The molecule has 0 aromatic carbocycles. The minimum atomic E-state index is -1.07. The first-order valence-corrected chi connectivity index (χ1v) is 13.0. The molecule has 0 aliphatic carbocycles. The predicted molar refractivity (Wildman–Crippen MR) is 128 cm³/mol. The van der Waals surface area contributed by atoms with Crippen molar-refractivity contribution in [3.8, 4) is 0 Å². The van der Waals surface area contributed by atoms with Gasteiger partial charge in [-0.05, 0) is 32.1 Å². The summed E-state index contributed by atoms with van der Waals surface area (Å²) in [5.41, 5.74) is -1.07. The van der Waals surface area contributed by atoms with Crippen LogP contribution in [0.5, 0.6) is 0 Å². The number of carbonyl (C=O) groups excluding carboxylic acids is 3. The molecule has 2 amide bonds. The first-order chi connectivity index (χ1) is 16.3. The van der Waals surface area contributed by atoms with E-state index in [4.69, 9.17) is 9.47 Å². The second-order valence-corrected chi connectivity index (χ2v) is 9.97. The van der Waals surface area contributed by atoms with Crippen LogP contribution in [0.15, 0.2) is 12.7 Å². The molecular weight excluding hydrogens is 436 g/mol. The van der Waals surface area contributed by atoms with Gasteiger partial charge in [-0.15, -0.1) is 6.58 Å². The lowest BCUT2D eigenvalue weighted by atomic mass is 9.70. The number of aliphatic hydroxyl groups is 1. The van der Waals surface area contributed by atoms with Crippen LogP contribution in [0.2, 0.25) is 0 Å². The second-order valence-electron chi connectivity index (χ2n) is 9.97. The van der Waals surface area contributed by atoms with Gasteiger partial charge in [0, 0.05) is 13.1 Å². The van der Waals surface area contributed by atoms with Crippen molar-refractivity contribution in [2.75, 3.05) is 26.3 Å². The van der Waals surface area contributed by atoms with Crippen molar-refractivity contribution in [2.24, 2.45) is 17.8 Å². The van der Waals surface area contributed by atoms with Gasteiger partial charge in [-0.3, -0.25) is 14.4 Å². The van der Waals surface area contributed by atoms with Crippen LogP contribution in [0, 0.1) is 17.8 Å². The van der Waals surface area contributed by atoms with Crippen molar-refractivity contribution in [1.29, 1.82) is 0 Å². The standard InChI is InChI=1S/C26H42N2O6/c1-6-10-11-15-27(14-7-2)24(31)22-26-13-12-19(34-26)20(25(32)33-9-4)21(26)23(30)28(22)18(16-29)17(5)8-3/h7,17-22,29H,2,6,8-16H2,1,3-5H3/t17-,18-,19-,20+,21-,22?,26?/m0/s1. The zero-order valence-corrected chi connectivity index (χ0v) is 21.2. The van der Waals surface area contributed by atoms with Gasteiger partial charge in [0.15, 0.2) is 0 Å². The Morgan fingerprint density at radius 2 is 2.09 bits per heavy atom. The summed E-state index contributed by atoms with van der Waals surface area (Å²) in [6.07, 6.45) is 6.05. The Morgan fingerprint density at radius 3 is 2.68 bits per heavy atom. The van der Waals surface area contributed by atoms with E-state index in [9.17, 15) is 19.5 Å². The van der Waals surface area contributed by atoms with E-state index in [0.717, 1.165) is 25.7 Å². The molecule has 2 bridgehead atoms. The normalized spacial score (nSPS) is 31.3. The molecule has 8 heteroatoms. The Kier molecular flexibility index (Phi) is 8.79. The van der Waals surface area contributed by atoms with Gasteiger partial charge in [0.05, 0.1) is 37.2 Å². The molecule has 192 valence electrons. The summed E-state index contributed by atoms with van der Waals surface area (Å²) >= 11 is 0. The lowest BCUT2D eigenvalue weighted by Crippen LogP contribution is -2.59. The molecular formula is C26H42N2O6. The van der Waals surface area contributed by atoms with Crippen LogP contribution in [0.3, 0.4) is 0 Å². The number of carbonyl (C=O) groups is 3. The molecule has 3 aliphatic rings. The molecule has 1 N–H and O–H groups in total. The maximum atomic E-state index is 14.2. The fraction of sp³-hybridized carbons (Fsp3) is 0.808. The van der Waals surface area contributed by atoms with Crippen molar-refractivity contribution in [3.63, 3.8) is 0 Å². The zero-order valence-electron chi connectivity index (χ0n) is 21.2. The molecule has 3 aliphatic heterocycles. The smallest absolute Gasteiger partial charge is 0.312 e. The van der Waals surface area contributed by atoms with Gasteiger partial charge in [0.1, 0.15) is 11.6 Å². The highest BCUT2D eigenvalue weighted by molar-refractivity contribution is 5.98. The van der Waals surface area contributed by atoms with Crippen LogP contribution < -0.4 is 0 Å². The van der Waals surface area contributed by atoms with Crippen molar-refractivity contribution >= 4 is 17.8 Å². The Bertz CT molecular complexity index is 772. The van der Waals surface area contributed by atoms with Crippen molar-refractivity contribution in [1.82, 2.24) is 9.80 Å². The Hall–Kier alpha value is -1.93. The SMILES string of the molecule is C=CCN(CCCCC)C(=O)C1N([C@@H](CO)[C@@H](C)CC)C(=O)[C@@H]2[C@H](C(=O)OCC)[C@@H]3CCC12O3. The van der Waals surface area contributed by atoms with Crippen LogP contribution >= 0.6 is 0 Å². The van der Waals surface area contributed by atoms with E-state index in [1.165, 1.54) is 0 Å². The molecule has 2 unspecified atom stereocenters. The number of unbranched alkanes of at least 4 members (excludes halogenated alkanes) is 2. The highest BCUT2D eigenvalue weighted by Gasteiger charge is 2.75. The average molecular weight is 479 g/mol. The molecule has 34 heavy (non-hydrogen) atoms. The summed E-state index contributed by atoms with van der Waals surface area (Å²) < 4.78 is 11.8. The third kappa shape index (κ3) is 4.39. The topological polar surface area (TPSA) is 96.4 Å². The van der Waals surface area contributed by atoms with Crippen LogP contribution in [0.4, 0.5) is 0 Å². The Labute approximate surface area is 203 Å². The van der Waals surface area contributed by atoms with E-state index in [-0.39, 0.29) is 30.9 Å². The average Bonchev–Trinajstić information content (AvgIpc) is 3.46. The zero-order chi connectivity index (χ0) is 25.0. The van der Waals surface area contributed by atoms with Gasteiger partial charge in [0.2, 0.25) is 11.8 Å². The molecule has 0 aromatic heterocycles. The first-order valence-electron chi connectivity index (χ1n) is 13.0. The molecule has 3 heterocycles. The lowest BCUT2D eigenvalue weighted by Gasteiger charge is -2.41. The number of hydrogen-bond donors (Lipinski definition) is 1.